The van der Waals surface area contributed by atoms with Crippen molar-refractivity contribution < 1.29 is 14.3 Å². The number of amides is 1. The fourth-order valence-electron chi connectivity index (χ4n) is 2.63. The second-order valence-electron chi connectivity index (χ2n) is 5.27. The van der Waals surface area contributed by atoms with Crippen molar-refractivity contribution in [3.8, 4) is 5.75 Å². The predicted octanol–water partition coefficient (Wildman–Crippen LogP) is 2.83. The zero-order valence-corrected chi connectivity index (χ0v) is 15.2. The quantitative estimate of drug-likeness (QED) is 0.807. The molecule has 1 heterocycles. The highest BCUT2D eigenvalue weighted by Crippen LogP contribution is 2.32. The molecule has 0 saturated carbocycles. The van der Waals surface area contributed by atoms with Crippen molar-refractivity contribution in [1.82, 2.24) is 5.32 Å². The van der Waals surface area contributed by atoms with Gasteiger partial charge < -0.3 is 20.1 Å². The lowest BCUT2D eigenvalue weighted by molar-refractivity contribution is -0.130. The number of nitrogens with one attached hydrogen (secondary N) is 2. The maximum Gasteiger partial charge on any atom is 0.233 e. The lowest BCUT2D eigenvalue weighted by Gasteiger charge is -2.35. The Morgan fingerprint density at radius 2 is 2.05 bits per heavy atom. The first-order valence-electron chi connectivity index (χ1n) is 6.96. The third-order valence-corrected chi connectivity index (χ3v) is 4.49. The smallest absolute Gasteiger partial charge is 0.233 e. The summed E-state index contributed by atoms with van der Waals surface area (Å²) >= 11 is 3.43. The van der Waals surface area contributed by atoms with Crippen LogP contribution in [-0.4, -0.2) is 39.8 Å². The van der Waals surface area contributed by atoms with E-state index in [1.54, 1.807) is 14.2 Å². The number of halogens is 2. The van der Waals surface area contributed by atoms with E-state index in [1.165, 1.54) is 0 Å². The number of ether oxygens (including phenoxy) is 2. The van der Waals surface area contributed by atoms with Gasteiger partial charge in [0.15, 0.2) is 0 Å². The third kappa shape index (κ3) is 4.35. The van der Waals surface area contributed by atoms with E-state index in [9.17, 15) is 4.79 Å². The molecule has 1 saturated heterocycles. The van der Waals surface area contributed by atoms with Gasteiger partial charge in [0.2, 0.25) is 5.91 Å². The molecule has 0 spiro atoms. The molecule has 7 heteroatoms. The van der Waals surface area contributed by atoms with Crippen LogP contribution in [0.5, 0.6) is 5.75 Å². The molecule has 0 bridgehead atoms. The molecule has 1 amide bonds. The number of piperidine rings is 1. The monoisotopic (exact) mass is 392 g/mol. The molecule has 1 aliphatic rings. The molecule has 2 N–H and O–H groups in total. The van der Waals surface area contributed by atoms with Crippen molar-refractivity contribution in [2.75, 3.05) is 39.2 Å². The second kappa shape index (κ2) is 8.72. The van der Waals surface area contributed by atoms with Crippen LogP contribution < -0.4 is 15.4 Å². The summed E-state index contributed by atoms with van der Waals surface area (Å²) in [7, 11) is 3.25. The van der Waals surface area contributed by atoms with Gasteiger partial charge >= 0.3 is 0 Å². The first-order chi connectivity index (χ1) is 10.1. The fourth-order valence-corrected chi connectivity index (χ4v) is 3.17. The minimum atomic E-state index is -0.452. The summed E-state index contributed by atoms with van der Waals surface area (Å²) in [5.41, 5.74) is 0.300. The highest BCUT2D eigenvalue weighted by Gasteiger charge is 2.39. The lowest BCUT2D eigenvalue weighted by atomic mass is 9.78. The Bertz CT molecular complexity index is 502. The Hall–Kier alpha value is -0.820. The molecule has 1 aromatic carbocycles. The van der Waals surface area contributed by atoms with Gasteiger partial charge in [-0.1, -0.05) is 0 Å². The van der Waals surface area contributed by atoms with E-state index in [0.717, 1.165) is 41.8 Å². The lowest BCUT2D eigenvalue weighted by Crippen LogP contribution is -2.47. The summed E-state index contributed by atoms with van der Waals surface area (Å²) in [4.78, 5) is 12.7. The molecule has 1 aromatic rings. The van der Waals surface area contributed by atoms with E-state index in [1.807, 2.05) is 18.2 Å². The van der Waals surface area contributed by atoms with Crippen molar-refractivity contribution in [1.29, 1.82) is 0 Å². The normalized spacial score (nSPS) is 16.5. The number of carbonyl (C=O) groups excluding carboxylic acids is 1. The van der Waals surface area contributed by atoms with Gasteiger partial charge in [0.05, 0.1) is 23.6 Å². The van der Waals surface area contributed by atoms with Crippen molar-refractivity contribution >= 4 is 39.9 Å². The zero-order valence-electron chi connectivity index (χ0n) is 12.8. The minimum absolute atomic E-state index is 0. The number of hydrogen-bond donors (Lipinski definition) is 2. The maximum absolute atomic E-state index is 12.7. The van der Waals surface area contributed by atoms with Crippen molar-refractivity contribution in [2.45, 2.75) is 12.8 Å². The predicted molar refractivity (Wildman–Crippen MR) is 93.0 cm³/mol. The van der Waals surface area contributed by atoms with E-state index in [2.05, 4.69) is 26.6 Å². The molecule has 0 atom stereocenters. The third-order valence-electron chi connectivity index (χ3n) is 3.87. The molecule has 0 radical (unpaired) electrons. The van der Waals surface area contributed by atoms with Gasteiger partial charge in [-0.3, -0.25) is 4.79 Å². The molecule has 1 fully saturated rings. The zero-order chi connectivity index (χ0) is 15.3. The highest BCUT2D eigenvalue weighted by molar-refractivity contribution is 9.10. The van der Waals surface area contributed by atoms with Crippen LogP contribution in [0.4, 0.5) is 5.69 Å². The average molecular weight is 394 g/mol. The topological polar surface area (TPSA) is 59.6 Å². The van der Waals surface area contributed by atoms with E-state index in [0.29, 0.717) is 6.61 Å². The first kappa shape index (κ1) is 19.2. The molecule has 5 nitrogen and oxygen atoms in total. The van der Waals surface area contributed by atoms with Gasteiger partial charge in [0, 0.05) is 12.8 Å². The SMILES string of the molecule is COCC1(C(=O)Nc2ccc(OC)c(Br)c2)CCNCC1.Cl. The molecule has 124 valence electrons. The molecular weight excluding hydrogens is 372 g/mol. The van der Waals surface area contributed by atoms with Gasteiger partial charge in [-0.25, -0.2) is 0 Å². The van der Waals surface area contributed by atoms with Crippen LogP contribution in [0.15, 0.2) is 22.7 Å². The first-order valence-corrected chi connectivity index (χ1v) is 7.75. The van der Waals surface area contributed by atoms with Crippen LogP contribution in [0.1, 0.15) is 12.8 Å². The van der Waals surface area contributed by atoms with Crippen LogP contribution in [0.25, 0.3) is 0 Å². The molecular formula is C15H22BrClN2O3. The van der Waals surface area contributed by atoms with E-state index in [4.69, 9.17) is 9.47 Å². The molecule has 22 heavy (non-hydrogen) atoms. The Labute approximate surface area is 145 Å². The van der Waals surface area contributed by atoms with E-state index < -0.39 is 5.41 Å². The number of benzene rings is 1. The van der Waals surface area contributed by atoms with Crippen LogP contribution in [0.3, 0.4) is 0 Å². The van der Waals surface area contributed by atoms with Gasteiger partial charge in [-0.15, -0.1) is 12.4 Å². The maximum atomic E-state index is 12.7. The number of hydrogen-bond acceptors (Lipinski definition) is 4. The largest absolute Gasteiger partial charge is 0.496 e. The van der Waals surface area contributed by atoms with Gasteiger partial charge in [0.25, 0.3) is 0 Å². The van der Waals surface area contributed by atoms with Crippen molar-refractivity contribution in [3.05, 3.63) is 22.7 Å². The Morgan fingerprint density at radius 3 is 2.59 bits per heavy atom. The van der Waals surface area contributed by atoms with Gasteiger partial charge in [-0.05, 0) is 60.1 Å². The second-order valence-corrected chi connectivity index (χ2v) is 6.12. The average Bonchev–Trinajstić information content (AvgIpc) is 2.48. The van der Waals surface area contributed by atoms with Crippen molar-refractivity contribution in [3.63, 3.8) is 0 Å². The number of rotatable bonds is 5. The van der Waals surface area contributed by atoms with E-state index in [-0.39, 0.29) is 18.3 Å². The molecule has 1 aliphatic heterocycles. The van der Waals surface area contributed by atoms with Gasteiger partial charge in [0.1, 0.15) is 5.75 Å². The van der Waals surface area contributed by atoms with Crippen LogP contribution in [0.2, 0.25) is 0 Å². The fraction of sp³-hybridized carbons (Fsp3) is 0.533. The number of carbonyl (C=O) groups is 1. The van der Waals surface area contributed by atoms with Crippen LogP contribution in [-0.2, 0) is 9.53 Å². The molecule has 0 aromatic heterocycles. The van der Waals surface area contributed by atoms with Crippen LogP contribution >= 0.6 is 28.3 Å². The molecule has 0 unspecified atom stereocenters. The van der Waals surface area contributed by atoms with Crippen LogP contribution in [0, 0.1) is 5.41 Å². The molecule has 2 rings (SSSR count). The molecule has 0 aliphatic carbocycles. The summed E-state index contributed by atoms with van der Waals surface area (Å²) in [5, 5.41) is 6.28. The van der Waals surface area contributed by atoms with Crippen molar-refractivity contribution in [2.24, 2.45) is 5.41 Å². The number of anilines is 1. The Kier molecular flexibility index (Phi) is 7.62. The summed E-state index contributed by atoms with van der Waals surface area (Å²) < 4.78 is 11.3. The Balaban J connectivity index is 0.00000242. The van der Waals surface area contributed by atoms with Gasteiger partial charge in [-0.2, -0.15) is 0 Å². The summed E-state index contributed by atoms with van der Waals surface area (Å²) in [6, 6.07) is 5.51. The summed E-state index contributed by atoms with van der Waals surface area (Å²) in [5.74, 6) is 0.754. The number of methoxy groups -OCH3 is 2. The summed E-state index contributed by atoms with van der Waals surface area (Å²) in [6.45, 7) is 2.12. The highest BCUT2D eigenvalue weighted by atomic mass is 79.9. The summed E-state index contributed by atoms with van der Waals surface area (Å²) in [6.07, 6.45) is 1.56. The Morgan fingerprint density at radius 1 is 1.36 bits per heavy atom. The minimum Gasteiger partial charge on any atom is -0.496 e. The van der Waals surface area contributed by atoms with E-state index >= 15 is 0 Å². The standard InChI is InChI=1S/C15H21BrN2O3.ClH/c1-20-10-15(5-7-17-8-6-15)14(19)18-11-3-4-13(21-2)12(16)9-11;/h3-4,9,17H,5-8,10H2,1-2H3,(H,18,19);1H.